The molecule has 130 valence electrons. The Morgan fingerprint density at radius 2 is 1.76 bits per heavy atom. The first-order valence-corrected chi connectivity index (χ1v) is 8.31. The van der Waals surface area contributed by atoms with E-state index in [4.69, 9.17) is 9.15 Å². The normalized spacial score (nSPS) is 11.2. The van der Waals surface area contributed by atoms with Crippen LogP contribution in [-0.2, 0) is 13.1 Å². The van der Waals surface area contributed by atoms with Crippen molar-refractivity contribution in [1.82, 2.24) is 4.90 Å². The SMILES string of the molecule is COc1ccc(CN(C)Cc2cc(=O)oc3c(C)cc(C)cc23)cc1. The number of rotatable bonds is 5. The van der Waals surface area contributed by atoms with E-state index in [2.05, 4.69) is 30.0 Å². The summed E-state index contributed by atoms with van der Waals surface area (Å²) in [5.74, 6) is 0.851. The third-order valence-electron chi connectivity index (χ3n) is 4.31. The number of fused-ring (bicyclic) bond motifs is 1. The Morgan fingerprint density at radius 3 is 2.44 bits per heavy atom. The number of nitrogens with zero attached hydrogens (tertiary/aromatic N) is 1. The smallest absolute Gasteiger partial charge is 0.336 e. The molecule has 25 heavy (non-hydrogen) atoms. The van der Waals surface area contributed by atoms with Gasteiger partial charge >= 0.3 is 5.63 Å². The standard InChI is InChI=1S/C21H23NO3/c1-14-9-15(2)21-19(10-14)17(11-20(23)25-21)13-22(3)12-16-5-7-18(24-4)8-6-16/h5-11H,12-13H2,1-4H3. The molecule has 0 unspecified atom stereocenters. The third-order valence-corrected chi connectivity index (χ3v) is 4.31. The molecule has 0 aliphatic carbocycles. The molecule has 3 rings (SSSR count). The van der Waals surface area contributed by atoms with E-state index in [0.717, 1.165) is 34.4 Å². The molecule has 0 bridgehead atoms. The molecule has 0 aliphatic rings. The van der Waals surface area contributed by atoms with E-state index >= 15 is 0 Å². The van der Waals surface area contributed by atoms with E-state index in [0.29, 0.717) is 12.1 Å². The number of ether oxygens (including phenoxy) is 1. The fourth-order valence-corrected chi connectivity index (χ4v) is 3.20. The molecule has 1 heterocycles. The molecule has 0 saturated carbocycles. The van der Waals surface area contributed by atoms with Gasteiger partial charge in [0.05, 0.1) is 7.11 Å². The van der Waals surface area contributed by atoms with Gasteiger partial charge in [0.2, 0.25) is 0 Å². The van der Waals surface area contributed by atoms with Gasteiger partial charge in [0, 0.05) is 24.5 Å². The van der Waals surface area contributed by atoms with Crippen molar-refractivity contribution in [2.45, 2.75) is 26.9 Å². The van der Waals surface area contributed by atoms with Crippen LogP contribution >= 0.6 is 0 Å². The first-order chi connectivity index (χ1) is 12.0. The monoisotopic (exact) mass is 337 g/mol. The van der Waals surface area contributed by atoms with E-state index in [-0.39, 0.29) is 5.63 Å². The van der Waals surface area contributed by atoms with E-state index in [1.165, 1.54) is 5.56 Å². The van der Waals surface area contributed by atoms with Crippen LogP contribution in [0.2, 0.25) is 0 Å². The minimum atomic E-state index is -0.299. The van der Waals surface area contributed by atoms with Crippen LogP contribution < -0.4 is 10.4 Å². The van der Waals surface area contributed by atoms with Crippen LogP contribution in [0.4, 0.5) is 0 Å². The maximum absolute atomic E-state index is 12.0. The second-order valence-corrected chi connectivity index (χ2v) is 6.57. The zero-order valence-electron chi connectivity index (χ0n) is 15.1. The summed E-state index contributed by atoms with van der Waals surface area (Å²) in [6.07, 6.45) is 0. The summed E-state index contributed by atoms with van der Waals surface area (Å²) in [7, 11) is 3.71. The molecule has 1 aromatic heterocycles. The maximum Gasteiger partial charge on any atom is 0.336 e. The summed E-state index contributed by atoms with van der Waals surface area (Å²) in [6.45, 7) is 5.50. The Balaban J connectivity index is 1.87. The molecular weight excluding hydrogens is 314 g/mol. The van der Waals surface area contributed by atoms with Gasteiger partial charge in [-0.05, 0) is 61.3 Å². The second kappa shape index (κ2) is 7.11. The summed E-state index contributed by atoms with van der Waals surface area (Å²) in [5, 5.41) is 1.01. The van der Waals surface area contributed by atoms with Gasteiger partial charge in [0.15, 0.2) is 0 Å². The molecule has 4 nitrogen and oxygen atoms in total. The summed E-state index contributed by atoms with van der Waals surface area (Å²) in [4.78, 5) is 14.1. The van der Waals surface area contributed by atoms with Gasteiger partial charge in [0.25, 0.3) is 0 Å². The minimum Gasteiger partial charge on any atom is -0.497 e. The van der Waals surface area contributed by atoms with Gasteiger partial charge in [-0.15, -0.1) is 0 Å². The van der Waals surface area contributed by atoms with Crippen LogP contribution in [0.25, 0.3) is 11.0 Å². The lowest BCUT2D eigenvalue weighted by atomic mass is 10.0. The number of methoxy groups -OCH3 is 1. The summed E-state index contributed by atoms with van der Waals surface area (Å²) < 4.78 is 10.6. The minimum absolute atomic E-state index is 0.299. The lowest BCUT2D eigenvalue weighted by molar-refractivity contribution is 0.319. The summed E-state index contributed by atoms with van der Waals surface area (Å²) in [6, 6.07) is 13.8. The fraction of sp³-hybridized carbons (Fsp3) is 0.286. The Morgan fingerprint density at radius 1 is 1.04 bits per heavy atom. The van der Waals surface area contributed by atoms with Crippen LogP contribution in [0.1, 0.15) is 22.3 Å². The molecule has 0 saturated heterocycles. The Bertz CT molecular complexity index is 942. The van der Waals surface area contributed by atoms with Gasteiger partial charge in [-0.2, -0.15) is 0 Å². The van der Waals surface area contributed by atoms with Gasteiger partial charge < -0.3 is 9.15 Å². The lowest BCUT2D eigenvalue weighted by Crippen LogP contribution is -2.18. The zero-order chi connectivity index (χ0) is 18.0. The quantitative estimate of drug-likeness (QED) is 0.659. The molecule has 0 radical (unpaired) electrons. The molecule has 4 heteroatoms. The average molecular weight is 337 g/mol. The Hall–Kier alpha value is -2.59. The van der Waals surface area contributed by atoms with Crippen molar-refractivity contribution < 1.29 is 9.15 Å². The van der Waals surface area contributed by atoms with Crippen molar-refractivity contribution in [2.75, 3.05) is 14.2 Å². The number of hydrogen-bond acceptors (Lipinski definition) is 4. The Labute approximate surface area is 147 Å². The van der Waals surface area contributed by atoms with Crippen molar-refractivity contribution in [1.29, 1.82) is 0 Å². The highest BCUT2D eigenvalue weighted by Gasteiger charge is 2.11. The topological polar surface area (TPSA) is 42.7 Å². The number of aryl methyl sites for hydroxylation is 2. The van der Waals surface area contributed by atoms with Crippen LogP contribution in [0, 0.1) is 13.8 Å². The van der Waals surface area contributed by atoms with Crippen molar-refractivity contribution >= 4 is 11.0 Å². The molecule has 0 aliphatic heterocycles. The molecule has 0 atom stereocenters. The van der Waals surface area contributed by atoms with Crippen molar-refractivity contribution in [3.8, 4) is 5.75 Å². The molecule has 2 aromatic carbocycles. The highest BCUT2D eigenvalue weighted by Crippen LogP contribution is 2.24. The molecule has 0 amide bonds. The number of hydrogen-bond donors (Lipinski definition) is 0. The Kier molecular flexibility index (Phi) is 4.91. The first kappa shape index (κ1) is 17.2. The second-order valence-electron chi connectivity index (χ2n) is 6.57. The largest absolute Gasteiger partial charge is 0.497 e. The lowest BCUT2D eigenvalue weighted by Gasteiger charge is -2.18. The van der Waals surface area contributed by atoms with Crippen LogP contribution in [-0.4, -0.2) is 19.1 Å². The molecule has 0 fully saturated rings. The van der Waals surface area contributed by atoms with Crippen LogP contribution in [0.3, 0.4) is 0 Å². The highest BCUT2D eigenvalue weighted by atomic mass is 16.5. The van der Waals surface area contributed by atoms with Gasteiger partial charge in [-0.1, -0.05) is 18.2 Å². The van der Waals surface area contributed by atoms with E-state index in [1.54, 1.807) is 13.2 Å². The highest BCUT2D eigenvalue weighted by molar-refractivity contribution is 5.83. The predicted octanol–water partition coefficient (Wildman–Crippen LogP) is 4.05. The molecule has 0 spiro atoms. The average Bonchev–Trinajstić information content (AvgIpc) is 2.56. The van der Waals surface area contributed by atoms with Crippen LogP contribution in [0.5, 0.6) is 5.75 Å². The van der Waals surface area contributed by atoms with Crippen LogP contribution in [0.15, 0.2) is 51.7 Å². The summed E-state index contributed by atoms with van der Waals surface area (Å²) >= 11 is 0. The van der Waals surface area contributed by atoms with E-state index < -0.39 is 0 Å². The predicted molar refractivity (Wildman–Crippen MR) is 100 cm³/mol. The fourth-order valence-electron chi connectivity index (χ4n) is 3.20. The van der Waals surface area contributed by atoms with Gasteiger partial charge in [-0.3, -0.25) is 4.90 Å². The molecule has 0 N–H and O–H groups in total. The van der Waals surface area contributed by atoms with Crippen molar-refractivity contribution in [3.63, 3.8) is 0 Å². The molecule has 3 aromatic rings. The van der Waals surface area contributed by atoms with Gasteiger partial charge in [0.1, 0.15) is 11.3 Å². The van der Waals surface area contributed by atoms with E-state index in [9.17, 15) is 4.79 Å². The van der Waals surface area contributed by atoms with Crippen molar-refractivity contribution in [3.05, 3.63) is 75.1 Å². The third kappa shape index (κ3) is 3.91. The van der Waals surface area contributed by atoms with E-state index in [1.807, 2.05) is 32.2 Å². The number of benzene rings is 2. The molecular formula is C21H23NO3. The summed E-state index contributed by atoms with van der Waals surface area (Å²) in [5.41, 5.74) is 4.74. The first-order valence-electron chi connectivity index (χ1n) is 8.31. The van der Waals surface area contributed by atoms with Gasteiger partial charge in [-0.25, -0.2) is 4.79 Å². The van der Waals surface area contributed by atoms with Crippen molar-refractivity contribution in [2.24, 2.45) is 0 Å². The zero-order valence-corrected chi connectivity index (χ0v) is 15.1. The maximum atomic E-state index is 12.0.